The third-order valence-corrected chi connectivity index (χ3v) is 3.62. The summed E-state index contributed by atoms with van der Waals surface area (Å²) in [5.41, 5.74) is -1.33. The summed E-state index contributed by atoms with van der Waals surface area (Å²) in [6.45, 7) is 4.88. The first-order valence-corrected chi connectivity index (χ1v) is 7.07. The van der Waals surface area contributed by atoms with Crippen molar-refractivity contribution in [3.63, 3.8) is 0 Å². The monoisotopic (exact) mass is 335 g/mol. The van der Waals surface area contributed by atoms with E-state index in [9.17, 15) is 22.8 Å². The van der Waals surface area contributed by atoms with Gasteiger partial charge in [-0.05, 0) is 19.3 Å². The summed E-state index contributed by atoms with van der Waals surface area (Å²) in [6, 6.07) is 0. The Morgan fingerprint density at radius 2 is 1.78 bits per heavy atom. The van der Waals surface area contributed by atoms with Crippen molar-refractivity contribution in [3.8, 4) is 0 Å². The second-order valence-electron chi connectivity index (χ2n) is 5.72. The second kappa shape index (κ2) is 7.14. The molecular formula is C15H20F3NO4. The van der Waals surface area contributed by atoms with E-state index in [1.165, 1.54) is 6.92 Å². The first-order valence-electron chi connectivity index (χ1n) is 7.07. The lowest BCUT2D eigenvalue weighted by atomic mass is 9.75. The van der Waals surface area contributed by atoms with E-state index < -0.39 is 35.7 Å². The zero-order valence-electron chi connectivity index (χ0n) is 13.7. The summed E-state index contributed by atoms with van der Waals surface area (Å²) in [4.78, 5) is 27.5. The van der Waals surface area contributed by atoms with Crippen molar-refractivity contribution < 1.29 is 32.2 Å². The highest BCUT2D eigenvalue weighted by atomic mass is 19.4. The first kappa shape index (κ1) is 19.2. The number of carbonyl (C=O) groups is 2. The maximum absolute atomic E-state index is 13.3. The fourth-order valence-electron chi connectivity index (χ4n) is 2.75. The van der Waals surface area contributed by atoms with Crippen LogP contribution in [0.5, 0.6) is 0 Å². The lowest BCUT2D eigenvalue weighted by Crippen LogP contribution is -2.45. The van der Waals surface area contributed by atoms with Crippen LogP contribution in [-0.4, -0.2) is 38.0 Å². The van der Waals surface area contributed by atoms with Gasteiger partial charge in [0.25, 0.3) is 0 Å². The van der Waals surface area contributed by atoms with Crippen LogP contribution in [0.1, 0.15) is 27.2 Å². The van der Waals surface area contributed by atoms with Gasteiger partial charge in [0.1, 0.15) is 11.6 Å². The van der Waals surface area contributed by atoms with Crippen LogP contribution in [0.15, 0.2) is 16.3 Å². The molecule has 5 nitrogen and oxygen atoms in total. The molecule has 2 atom stereocenters. The number of esters is 2. The van der Waals surface area contributed by atoms with Crippen LogP contribution in [-0.2, 0) is 19.1 Å². The average Bonchev–Trinajstić information content (AvgIpc) is 2.43. The summed E-state index contributed by atoms with van der Waals surface area (Å²) in [5, 5.41) is 0. The van der Waals surface area contributed by atoms with Crippen LogP contribution in [0.25, 0.3) is 0 Å². The molecule has 0 aliphatic carbocycles. The molecule has 1 aliphatic rings. The van der Waals surface area contributed by atoms with Crippen LogP contribution in [0.3, 0.4) is 0 Å². The molecule has 0 aromatic carbocycles. The Kier molecular flexibility index (Phi) is 5.96. The number of hydrogen-bond acceptors (Lipinski definition) is 5. The lowest BCUT2D eigenvalue weighted by Gasteiger charge is -2.33. The molecule has 0 fully saturated rings. The van der Waals surface area contributed by atoms with E-state index in [0.29, 0.717) is 0 Å². The van der Waals surface area contributed by atoms with Gasteiger partial charge >= 0.3 is 18.1 Å². The highest BCUT2D eigenvalue weighted by Gasteiger charge is 2.52. The molecule has 1 heterocycles. The van der Waals surface area contributed by atoms with E-state index in [-0.39, 0.29) is 23.6 Å². The third-order valence-electron chi connectivity index (χ3n) is 3.62. The van der Waals surface area contributed by atoms with Crippen molar-refractivity contribution in [2.24, 2.45) is 22.7 Å². The molecule has 1 aliphatic heterocycles. The minimum absolute atomic E-state index is 0.00963. The number of ether oxygens (including phenoxy) is 2. The van der Waals surface area contributed by atoms with Gasteiger partial charge in [0, 0.05) is 11.6 Å². The molecule has 2 unspecified atom stereocenters. The molecule has 0 N–H and O–H groups in total. The fraction of sp³-hybridized carbons (Fsp3) is 0.667. The molecule has 0 saturated heterocycles. The molecule has 1 rings (SSSR count). The van der Waals surface area contributed by atoms with Gasteiger partial charge in [0.05, 0.1) is 19.8 Å². The van der Waals surface area contributed by atoms with Crippen LogP contribution in [0.2, 0.25) is 0 Å². The van der Waals surface area contributed by atoms with E-state index in [0.717, 1.165) is 14.2 Å². The normalized spacial score (nSPS) is 22.0. The van der Waals surface area contributed by atoms with Crippen LogP contribution in [0.4, 0.5) is 13.2 Å². The van der Waals surface area contributed by atoms with Gasteiger partial charge in [-0.15, -0.1) is 0 Å². The molecule has 0 bridgehead atoms. The van der Waals surface area contributed by atoms with Crippen molar-refractivity contribution in [2.75, 3.05) is 14.2 Å². The minimum atomic E-state index is -4.79. The smallest absolute Gasteiger partial charge is 0.430 e. The Morgan fingerprint density at radius 3 is 2.17 bits per heavy atom. The van der Waals surface area contributed by atoms with Gasteiger partial charge in [-0.25, -0.2) is 4.79 Å². The molecule has 0 amide bonds. The van der Waals surface area contributed by atoms with Gasteiger partial charge in [-0.1, -0.05) is 13.8 Å². The van der Waals surface area contributed by atoms with Crippen LogP contribution < -0.4 is 0 Å². The highest BCUT2D eigenvalue weighted by Crippen LogP contribution is 2.40. The molecular weight excluding hydrogens is 315 g/mol. The van der Waals surface area contributed by atoms with Crippen LogP contribution >= 0.6 is 0 Å². The zero-order chi connectivity index (χ0) is 17.9. The van der Waals surface area contributed by atoms with Gasteiger partial charge in [-0.3, -0.25) is 9.79 Å². The van der Waals surface area contributed by atoms with Gasteiger partial charge in [-0.2, -0.15) is 13.2 Å². The molecule has 0 aromatic rings. The number of allylic oxidation sites excluding steroid dienone is 1. The standard InChI is InChI=1S/C15H20F3NO4/c1-7(2)6-9-10(13(20)22-4)8(3)19-12(15(16,17)18)11(9)14(21)23-5/h7,9,11H,6H2,1-5H3. The molecule has 23 heavy (non-hydrogen) atoms. The van der Waals surface area contributed by atoms with E-state index >= 15 is 0 Å². The van der Waals surface area contributed by atoms with Crippen LogP contribution in [0, 0.1) is 17.8 Å². The summed E-state index contributed by atoms with van der Waals surface area (Å²) in [6.07, 6.45) is -4.60. The number of rotatable bonds is 4. The lowest BCUT2D eigenvalue weighted by molar-refractivity contribution is -0.146. The Hall–Kier alpha value is -1.86. The van der Waals surface area contributed by atoms with E-state index in [1.54, 1.807) is 13.8 Å². The maximum Gasteiger partial charge on any atom is 0.430 e. The Balaban J connectivity index is 3.57. The summed E-state index contributed by atoms with van der Waals surface area (Å²) in [5.74, 6) is -4.58. The number of methoxy groups -OCH3 is 2. The highest BCUT2D eigenvalue weighted by molar-refractivity contribution is 6.09. The number of carbonyl (C=O) groups excluding carboxylic acids is 2. The topological polar surface area (TPSA) is 65.0 Å². The zero-order valence-corrected chi connectivity index (χ0v) is 13.7. The van der Waals surface area contributed by atoms with Crippen molar-refractivity contribution in [3.05, 3.63) is 11.3 Å². The minimum Gasteiger partial charge on any atom is -0.468 e. The van der Waals surface area contributed by atoms with E-state index in [4.69, 9.17) is 0 Å². The number of hydrogen-bond donors (Lipinski definition) is 0. The molecule has 0 spiro atoms. The molecule has 130 valence electrons. The van der Waals surface area contributed by atoms with Crippen molar-refractivity contribution in [2.45, 2.75) is 33.4 Å². The van der Waals surface area contributed by atoms with E-state index in [2.05, 4.69) is 14.5 Å². The Morgan fingerprint density at radius 1 is 1.22 bits per heavy atom. The van der Waals surface area contributed by atoms with Crippen molar-refractivity contribution in [1.29, 1.82) is 0 Å². The van der Waals surface area contributed by atoms with E-state index in [1.807, 2.05) is 0 Å². The third kappa shape index (κ3) is 4.11. The SMILES string of the molecule is COC(=O)C1=C(C)N=C(C(F)(F)F)C(C(=O)OC)C1CC(C)C. The summed E-state index contributed by atoms with van der Waals surface area (Å²) in [7, 11) is 2.14. The number of alkyl halides is 3. The van der Waals surface area contributed by atoms with Crippen molar-refractivity contribution in [1.82, 2.24) is 0 Å². The van der Waals surface area contributed by atoms with Gasteiger partial charge in [0.2, 0.25) is 0 Å². The fourth-order valence-corrected chi connectivity index (χ4v) is 2.75. The second-order valence-corrected chi connectivity index (χ2v) is 5.72. The summed E-state index contributed by atoms with van der Waals surface area (Å²) >= 11 is 0. The summed E-state index contributed by atoms with van der Waals surface area (Å²) < 4.78 is 49.1. The predicted molar refractivity (Wildman–Crippen MR) is 76.7 cm³/mol. The van der Waals surface area contributed by atoms with Gasteiger partial charge in [0.15, 0.2) is 0 Å². The quantitative estimate of drug-likeness (QED) is 0.741. The number of halogens is 3. The first-order chi connectivity index (χ1) is 10.5. The molecule has 0 saturated carbocycles. The predicted octanol–water partition coefficient (Wildman–Crippen LogP) is 2.90. The Bertz CT molecular complexity index is 549. The number of nitrogens with zero attached hydrogens (tertiary/aromatic N) is 1. The molecule has 0 radical (unpaired) electrons. The largest absolute Gasteiger partial charge is 0.468 e. The number of aliphatic imine (C=N–C) groups is 1. The van der Waals surface area contributed by atoms with Crippen molar-refractivity contribution >= 4 is 17.7 Å². The molecule has 8 heteroatoms. The van der Waals surface area contributed by atoms with Gasteiger partial charge < -0.3 is 9.47 Å². The molecule has 0 aromatic heterocycles. The Labute approximate surface area is 132 Å². The average molecular weight is 335 g/mol. The maximum atomic E-state index is 13.3.